The van der Waals surface area contributed by atoms with E-state index in [1.807, 2.05) is 0 Å². The molecule has 0 aliphatic carbocycles. The van der Waals surface area contributed by atoms with E-state index in [-0.39, 0.29) is 5.41 Å². The molecule has 0 atom stereocenters. The van der Waals surface area contributed by atoms with Crippen molar-refractivity contribution in [3.8, 4) is 0 Å². The van der Waals surface area contributed by atoms with E-state index in [0.717, 1.165) is 32.8 Å². The van der Waals surface area contributed by atoms with E-state index in [9.17, 15) is 0 Å². The third kappa shape index (κ3) is 3.33. The van der Waals surface area contributed by atoms with E-state index in [0.29, 0.717) is 0 Å². The molecule has 1 aliphatic rings. The molecule has 0 unspecified atom stereocenters. The highest BCUT2D eigenvalue weighted by Crippen LogP contribution is 2.26. The van der Waals surface area contributed by atoms with Gasteiger partial charge in [0.15, 0.2) is 0 Å². The van der Waals surface area contributed by atoms with Crippen LogP contribution in [-0.4, -0.2) is 31.2 Å². The summed E-state index contributed by atoms with van der Waals surface area (Å²) in [6, 6.07) is 6.92. The monoisotopic (exact) mass is 247 g/mol. The summed E-state index contributed by atoms with van der Waals surface area (Å²) >= 11 is 0. The van der Waals surface area contributed by atoms with E-state index in [4.69, 9.17) is 4.74 Å². The molecule has 2 heteroatoms. The highest BCUT2D eigenvalue weighted by Gasteiger charge is 2.17. The largest absolute Gasteiger partial charge is 0.379 e. The Hall–Kier alpha value is -0.860. The molecular formula is C16H25NO. The van der Waals surface area contributed by atoms with Crippen molar-refractivity contribution < 1.29 is 4.74 Å². The molecule has 18 heavy (non-hydrogen) atoms. The van der Waals surface area contributed by atoms with Crippen LogP contribution in [0.5, 0.6) is 0 Å². The van der Waals surface area contributed by atoms with Crippen molar-refractivity contribution in [1.82, 2.24) is 4.90 Å². The van der Waals surface area contributed by atoms with Gasteiger partial charge in [-0.1, -0.05) is 39.0 Å². The van der Waals surface area contributed by atoms with Gasteiger partial charge in [0.05, 0.1) is 13.2 Å². The SMILES string of the molecule is Cc1cc(CN2CCOCC2)ccc1C(C)(C)C. The van der Waals surface area contributed by atoms with Crippen molar-refractivity contribution >= 4 is 0 Å². The second kappa shape index (κ2) is 5.41. The number of benzene rings is 1. The number of hydrogen-bond donors (Lipinski definition) is 0. The first-order valence-electron chi connectivity index (χ1n) is 6.87. The van der Waals surface area contributed by atoms with Crippen molar-refractivity contribution in [2.24, 2.45) is 0 Å². The lowest BCUT2D eigenvalue weighted by Crippen LogP contribution is -2.35. The van der Waals surface area contributed by atoms with Gasteiger partial charge in [0.2, 0.25) is 0 Å². The van der Waals surface area contributed by atoms with E-state index < -0.39 is 0 Å². The first kappa shape index (κ1) is 13.6. The molecule has 1 aromatic rings. The molecular weight excluding hydrogens is 222 g/mol. The van der Waals surface area contributed by atoms with Gasteiger partial charge in [-0.3, -0.25) is 4.90 Å². The average Bonchev–Trinajstić information content (AvgIpc) is 2.28. The normalized spacial score (nSPS) is 18.0. The minimum absolute atomic E-state index is 0.238. The first-order chi connectivity index (χ1) is 8.47. The number of hydrogen-bond acceptors (Lipinski definition) is 2. The summed E-state index contributed by atoms with van der Waals surface area (Å²) in [5, 5.41) is 0. The Balaban J connectivity index is 2.08. The number of rotatable bonds is 2. The molecule has 1 fully saturated rings. The number of aryl methyl sites for hydroxylation is 1. The maximum Gasteiger partial charge on any atom is 0.0594 e. The van der Waals surface area contributed by atoms with Gasteiger partial charge in [-0.15, -0.1) is 0 Å². The van der Waals surface area contributed by atoms with E-state index in [1.165, 1.54) is 16.7 Å². The number of ether oxygens (including phenoxy) is 1. The van der Waals surface area contributed by atoms with Crippen molar-refractivity contribution in [2.45, 2.75) is 39.7 Å². The molecule has 0 N–H and O–H groups in total. The van der Waals surface area contributed by atoms with Gasteiger partial charge >= 0.3 is 0 Å². The quantitative estimate of drug-likeness (QED) is 0.796. The van der Waals surface area contributed by atoms with Crippen LogP contribution in [0.3, 0.4) is 0 Å². The highest BCUT2D eigenvalue weighted by atomic mass is 16.5. The van der Waals surface area contributed by atoms with Crippen LogP contribution >= 0.6 is 0 Å². The van der Waals surface area contributed by atoms with Crippen LogP contribution < -0.4 is 0 Å². The van der Waals surface area contributed by atoms with E-state index in [2.05, 4.69) is 50.8 Å². The third-order valence-corrected chi connectivity index (χ3v) is 3.61. The van der Waals surface area contributed by atoms with Crippen molar-refractivity contribution in [1.29, 1.82) is 0 Å². The second-order valence-electron chi connectivity index (χ2n) is 6.29. The van der Waals surface area contributed by atoms with Crippen LogP contribution in [0.1, 0.15) is 37.5 Å². The standard InChI is InChI=1S/C16H25NO/c1-13-11-14(5-6-15(13)16(2,3)4)12-17-7-9-18-10-8-17/h5-6,11H,7-10,12H2,1-4H3. The molecule has 100 valence electrons. The molecule has 0 amide bonds. The van der Waals surface area contributed by atoms with Gasteiger partial charge in [0.25, 0.3) is 0 Å². The van der Waals surface area contributed by atoms with E-state index >= 15 is 0 Å². The smallest absolute Gasteiger partial charge is 0.0594 e. The molecule has 0 saturated carbocycles. The Bertz CT molecular complexity index is 400. The van der Waals surface area contributed by atoms with Gasteiger partial charge in [-0.05, 0) is 29.0 Å². The topological polar surface area (TPSA) is 12.5 Å². The van der Waals surface area contributed by atoms with Crippen LogP contribution in [0, 0.1) is 6.92 Å². The van der Waals surface area contributed by atoms with Crippen molar-refractivity contribution in [3.05, 3.63) is 34.9 Å². The lowest BCUT2D eigenvalue weighted by atomic mass is 9.83. The Kier molecular flexibility index (Phi) is 4.08. The zero-order chi connectivity index (χ0) is 13.2. The Morgan fingerprint density at radius 3 is 2.39 bits per heavy atom. The molecule has 0 aromatic heterocycles. The summed E-state index contributed by atoms with van der Waals surface area (Å²) in [7, 11) is 0. The lowest BCUT2D eigenvalue weighted by Gasteiger charge is -2.27. The summed E-state index contributed by atoms with van der Waals surface area (Å²) in [5.74, 6) is 0. The lowest BCUT2D eigenvalue weighted by molar-refractivity contribution is 0.0342. The maximum atomic E-state index is 5.38. The van der Waals surface area contributed by atoms with Gasteiger partial charge in [-0.25, -0.2) is 0 Å². The zero-order valence-corrected chi connectivity index (χ0v) is 12.1. The van der Waals surface area contributed by atoms with Crippen LogP contribution in [0.2, 0.25) is 0 Å². The fraction of sp³-hybridized carbons (Fsp3) is 0.625. The summed E-state index contributed by atoms with van der Waals surface area (Å²) in [4.78, 5) is 2.47. The Labute approximate surface area is 111 Å². The summed E-state index contributed by atoms with van der Waals surface area (Å²) in [6.45, 7) is 14.0. The summed E-state index contributed by atoms with van der Waals surface area (Å²) in [6.07, 6.45) is 0. The summed E-state index contributed by atoms with van der Waals surface area (Å²) < 4.78 is 5.38. The highest BCUT2D eigenvalue weighted by molar-refractivity contribution is 5.35. The van der Waals surface area contributed by atoms with Crippen molar-refractivity contribution in [3.63, 3.8) is 0 Å². The molecule has 1 aliphatic heterocycles. The molecule has 1 saturated heterocycles. The molecule has 1 aromatic carbocycles. The third-order valence-electron chi connectivity index (χ3n) is 3.61. The molecule has 1 heterocycles. The van der Waals surface area contributed by atoms with Crippen LogP contribution in [0.25, 0.3) is 0 Å². The molecule has 0 spiro atoms. The van der Waals surface area contributed by atoms with E-state index in [1.54, 1.807) is 0 Å². The fourth-order valence-corrected chi connectivity index (χ4v) is 2.68. The van der Waals surface area contributed by atoms with Gasteiger partial charge < -0.3 is 4.74 Å². The fourth-order valence-electron chi connectivity index (χ4n) is 2.68. The van der Waals surface area contributed by atoms with Gasteiger partial charge in [0.1, 0.15) is 0 Å². The first-order valence-corrected chi connectivity index (χ1v) is 6.87. The minimum Gasteiger partial charge on any atom is -0.379 e. The number of nitrogens with zero attached hydrogens (tertiary/aromatic N) is 1. The molecule has 0 radical (unpaired) electrons. The Morgan fingerprint density at radius 2 is 1.83 bits per heavy atom. The molecule has 2 rings (SSSR count). The van der Waals surface area contributed by atoms with Gasteiger partial charge in [0, 0.05) is 19.6 Å². The van der Waals surface area contributed by atoms with Crippen LogP contribution in [0.4, 0.5) is 0 Å². The zero-order valence-electron chi connectivity index (χ0n) is 12.1. The minimum atomic E-state index is 0.238. The van der Waals surface area contributed by atoms with Gasteiger partial charge in [-0.2, -0.15) is 0 Å². The Morgan fingerprint density at radius 1 is 1.17 bits per heavy atom. The van der Waals surface area contributed by atoms with Crippen LogP contribution in [0.15, 0.2) is 18.2 Å². The summed E-state index contributed by atoms with van der Waals surface area (Å²) in [5.41, 5.74) is 4.52. The second-order valence-corrected chi connectivity index (χ2v) is 6.29. The van der Waals surface area contributed by atoms with Crippen LogP contribution in [-0.2, 0) is 16.7 Å². The predicted molar refractivity (Wildman–Crippen MR) is 76.0 cm³/mol. The molecule has 0 bridgehead atoms. The number of morpholine rings is 1. The molecule has 2 nitrogen and oxygen atoms in total. The van der Waals surface area contributed by atoms with Crippen molar-refractivity contribution in [2.75, 3.05) is 26.3 Å². The maximum absolute atomic E-state index is 5.38. The average molecular weight is 247 g/mol. The predicted octanol–water partition coefficient (Wildman–Crippen LogP) is 3.12.